The number of hydrogen-bond acceptors (Lipinski definition) is 5. The van der Waals surface area contributed by atoms with Crippen LogP contribution in [0.25, 0.3) is 0 Å². The van der Waals surface area contributed by atoms with Crippen LogP contribution < -0.4 is 10.0 Å². The van der Waals surface area contributed by atoms with Crippen LogP contribution in [0.1, 0.15) is 24.8 Å². The number of sulfonamides is 1. The lowest BCUT2D eigenvalue weighted by Gasteiger charge is -2.18. The standard InChI is InChI=1S/C16H24N2O5S2/c1-12-5-7-13(8-6-12)25(22,23)18-14(9-11-24-2)16(21)17-10-3-4-15(19)20/h5-8,14,18H,3-4,9-11H2,1-2H3,(H,17,21)(H,19,20). The van der Waals surface area contributed by atoms with Crippen LogP contribution in [0, 0.1) is 6.92 Å². The van der Waals surface area contributed by atoms with E-state index in [1.54, 1.807) is 12.1 Å². The number of rotatable bonds is 11. The molecule has 9 heteroatoms. The van der Waals surface area contributed by atoms with Crippen molar-refractivity contribution in [2.45, 2.75) is 37.1 Å². The van der Waals surface area contributed by atoms with E-state index in [9.17, 15) is 18.0 Å². The van der Waals surface area contributed by atoms with Gasteiger partial charge >= 0.3 is 5.97 Å². The molecule has 0 aliphatic rings. The van der Waals surface area contributed by atoms with E-state index in [4.69, 9.17) is 5.11 Å². The molecule has 0 fully saturated rings. The molecule has 0 heterocycles. The number of carboxylic acids is 1. The fourth-order valence-corrected chi connectivity index (χ4v) is 3.73. The number of carbonyl (C=O) groups excluding carboxylic acids is 1. The first-order valence-electron chi connectivity index (χ1n) is 7.83. The van der Waals surface area contributed by atoms with Crippen LogP contribution in [0.3, 0.4) is 0 Å². The quantitative estimate of drug-likeness (QED) is 0.494. The van der Waals surface area contributed by atoms with Gasteiger partial charge in [0.1, 0.15) is 6.04 Å². The first-order valence-corrected chi connectivity index (χ1v) is 10.7. The van der Waals surface area contributed by atoms with E-state index >= 15 is 0 Å². The number of aliphatic carboxylic acids is 1. The van der Waals surface area contributed by atoms with E-state index in [2.05, 4.69) is 10.0 Å². The lowest BCUT2D eigenvalue weighted by Crippen LogP contribution is -2.47. The van der Waals surface area contributed by atoms with Crippen molar-refractivity contribution in [1.82, 2.24) is 10.0 Å². The summed E-state index contributed by atoms with van der Waals surface area (Å²) in [6.45, 7) is 2.04. The molecular formula is C16H24N2O5S2. The molecule has 1 aromatic carbocycles. The second kappa shape index (κ2) is 10.4. The maximum absolute atomic E-state index is 12.5. The Morgan fingerprint density at radius 1 is 1.24 bits per heavy atom. The summed E-state index contributed by atoms with van der Waals surface area (Å²) < 4.78 is 27.4. The molecule has 25 heavy (non-hydrogen) atoms. The van der Waals surface area contributed by atoms with E-state index < -0.39 is 27.9 Å². The van der Waals surface area contributed by atoms with Gasteiger partial charge in [-0.2, -0.15) is 16.5 Å². The molecule has 0 aliphatic carbocycles. The Labute approximate surface area is 152 Å². The van der Waals surface area contributed by atoms with Crippen LogP contribution in [0.4, 0.5) is 0 Å². The number of aryl methyl sites for hydroxylation is 1. The van der Waals surface area contributed by atoms with Gasteiger partial charge in [-0.3, -0.25) is 9.59 Å². The lowest BCUT2D eigenvalue weighted by atomic mass is 10.2. The van der Waals surface area contributed by atoms with Crippen LogP contribution in [0.5, 0.6) is 0 Å². The third kappa shape index (κ3) is 7.89. The molecule has 0 aromatic heterocycles. The predicted molar refractivity (Wildman–Crippen MR) is 98.2 cm³/mol. The first kappa shape index (κ1) is 21.5. The molecule has 3 N–H and O–H groups in total. The van der Waals surface area contributed by atoms with Crippen molar-refractivity contribution in [2.75, 3.05) is 18.6 Å². The van der Waals surface area contributed by atoms with Gasteiger partial charge in [-0.15, -0.1) is 0 Å². The van der Waals surface area contributed by atoms with E-state index in [0.717, 1.165) is 5.56 Å². The van der Waals surface area contributed by atoms with Crippen LogP contribution in [0.2, 0.25) is 0 Å². The summed E-state index contributed by atoms with van der Waals surface area (Å²) in [5, 5.41) is 11.2. The smallest absolute Gasteiger partial charge is 0.303 e. The Kier molecular flexibility index (Phi) is 8.95. The number of amides is 1. The molecule has 0 saturated carbocycles. The Balaban J connectivity index is 2.75. The van der Waals surface area contributed by atoms with Crippen LogP contribution in [-0.4, -0.2) is 50.0 Å². The number of nitrogens with one attached hydrogen (secondary N) is 2. The minimum absolute atomic E-state index is 0.0507. The molecule has 0 radical (unpaired) electrons. The van der Waals surface area contributed by atoms with Gasteiger partial charge in [0.2, 0.25) is 15.9 Å². The van der Waals surface area contributed by atoms with Gasteiger partial charge in [0, 0.05) is 13.0 Å². The molecule has 1 atom stereocenters. The van der Waals surface area contributed by atoms with E-state index in [0.29, 0.717) is 18.6 Å². The normalized spacial score (nSPS) is 12.6. The molecule has 0 saturated heterocycles. The number of carbonyl (C=O) groups is 2. The fourth-order valence-electron chi connectivity index (χ4n) is 2.03. The van der Waals surface area contributed by atoms with Gasteiger partial charge in [-0.1, -0.05) is 17.7 Å². The van der Waals surface area contributed by atoms with Gasteiger partial charge in [-0.25, -0.2) is 8.42 Å². The van der Waals surface area contributed by atoms with Crippen molar-refractivity contribution in [3.05, 3.63) is 29.8 Å². The third-order valence-electron chi connectivity index (χ3n) is 3.42. The summed E-state index contributed by atoms with van der Waals surface area (Å²) in [5.41, 5.74) is 0.939. The van der Waals surface area contributed by atoms with Crippen LogP contribution >= 0.6 is 11.8 Å². The topological polar surface area (TPSA) is 113 Å². The highest BCUT2D eigenvalue weighted by Crippen LogP contribution is 2.12. The molecule has 1 rings (SSSR count). The molecule has 0 spiro atoms. The lowest BCUT2D eigenvalue weighted by molar-refractivity contribution is -0.137. The fraction of sp³-hybridized carbons (Fsp3) is 0.500. The minimum atomic E-state index is -3.81. The first-order chi connectivity index (χ1) is 11.8. The molecule has 140 valence electrons. The van der Waals surface area contributed by atoms with Crippen LogP contribution in [-0.2, 0) is 19.6 Å². The molecule has 1 aromatic rings. The molecule has 1 amide bonds. The second-order valence-corrected chi connectivity index (χ2v) is 8.26. The van der Waals surface area contributed by atoms with Gasteiger partial charge < -0.3 is 10.4 Å². The summed E-state index contributed by atoms with van der Waals surface area (Å²) in [6.07, 6.45) is 2.46. The van der Waals surface area contributed by atoms with E-state index in [1.807, 2.05) is 13.2 Å². The van der Waals surface area contributed by atoms with Crippen LogP contribution in [0.15, 0.2) is 29.2 Å². The molecule has 0 aliphatic heterocycles. The minimum Gasteiger partial charge on any atom is -0.481 e. The molecule has 7 nitrogen and oxygen atoms in total. The number of benzene rings is 1. The summed E-state index contributed by atoms with van der Waals surface area (Å²) in [5.74, 6) is -0.771. The average Bonchev–Trinajstić information content (AvgIpc) is 2.55. The summed E-state index contributed by atoms with van der Waals surface area (Å²) in [4.78, 5) is 22.8. The monoisotopic (exact) mass is 388 g/mol. The van der Waals surface area contributed by atoms with Crippen molar-refractivity contribution in [3.63, 3.8) is 0 Å². The van der Waals surface area contributed by atoms with Crippen molar-refractivity contribution in [2.24, 2.45) is 0 Å². The summed E-state index contributed by atoms with van der Waals surface area (Å²) in [7, 11) is -3.81. The Hall–Kier alpha value is -1.58. The summed E-state index contributed by atoms with van der Waals surface area (Å²) in [6, 6.07) is 5.47. The number of carboxylic acid groups (broad SMARTS) is 1. The zero-order valence-electron chi connectivity index (χ0n) is 14.3. The predicted octanol–water partition coefficient (Wildman–Crippen LogP) is 1.38. The van der Waals surface area contributed by atoms with E-state index in [-0.39, 0.29) is 17.9 Å². The second-order valence-electron chi connectivity index (χ2n) is 5.56. The highest BCUT2D eigenvalue weighted by molar-refractivity contribution is 7.98. The van der Waals surface area contributed by atoms with Crippen molar-refractivity contribution in [3.8, 4) is 0 Å². The molecular weight excluding hydrogens is 364 g/mol. The van der Waals surface area contributed by atoms with Gasteiger partial charge in [-0.05, 0) is 43.9 Å². The largest absolute Gasteiger partial charge is 0.481 e. The highest BCUT2D eigenvalue weighted by Gasteiger charge is 2.25. The zero-order valence-corrected chi connectivity index (χ0v) is 16.0. The average molecular weight is 389 g/mol. The Morgan fingerprint density at radius 3 is 2.44 bits per heavy atom. The summed E-state index contributed by atoms with van der Waals surface area (Å²) >= 11 is 1.51. The third-order valence-corrected chi connectivity index (χ3v) is 5.55. The van der Waals surface area contributed by atoms with Gasteiger partial charge in [0.15, 0.2) is 0 Å². The maximum Gasteiger partial charge on any atom is 0.303 e. The zero-order chi connectivity index (χ0) is 18.9. The Morgan fingerprint density at radius 2 is 1.88 bits per heavy atom. The van der Waals surface area contributed by atoms with Gasteiger partial charge in [0.25, 0.3) is 0 Å². The van der Waals surface area contributed by atoms with Crippen molar-refractivity contribution >= 4 is 33.7 Å². The Bertz CT molecular complexity index is 674. The number of hydrogen-bond donors (Lipinski definition) is 3. The van der Waals surface area contributed by atoms with E-state index in [1.165, 1.54) is 23.9 Å². The maximum atomic E-state index is 12.5. The molecule has 1 unspecified atom stereocenters. The highest BCUT2D eigenvalue weighted by atomic mass is 32.2. The van der Waals surface area contributed by atoms with Gasteiger partial charge in [0.05, 0.1) is 4.90 Å². The molecule has 0 bridgehead atoms. The van der Waals surface area contributed by atoms with Crippen molar-refractivity contribution in [1.29, 1.82) is 0 Å². The number of thioether (sulfide) groups is 1. The SMILES string of the molecule is CSCCC(NS(=O)(=O)c1ccc(C)cc1)C(=O)NCCCC(=O)O. The van der Waals surface area contributed by atoms with Crippen molar-refractivity contribution < 1.29 is 23.1 Å².